The molecule has 3 N–H and O–H groups in total. The fraction of sp³-hybridized carbons (Fsp3) is 0.148. The Kier molecular flexibility index (Phi) is 6.78. The standard InChI is InChI=1S/C27H21FN2O5/c1-2-7-24(25(31)29-23-13-12-16(28)14-21(23)26(32)33)30-27(34)35-15-22-19-10-5-3-8-17(19)18-9-4-6-11-20(18)22/h1,3-6,8-14,22,24H,7,15H2,(H,29,31)(H,30,34)(H,32,33). The fourth-order valence-electron chi connectivity index (χ4n) is 4.13. The van der Waals surface area contributed by atoms with Gasteiger partial charge in [0.2, 0.25) is 5.91 Å². The number of carbonyl (C=O) groups is 3. The summed E-state index contributed by atoms with van der Waals surface area (Å²) in [5.74, 6) is -0.803. The van der Waals surface area contributed by atoms with Crippen molar-refractivity contribution in [1.82, 2.24) is 5.32 Å². The van der Waals surface area contributed by atoms with Crippen LogP contribution in [0.5, 0.6) is 0 Å². The first kappa shape index (κ1) is 23.5. The van der Waals surface area contributed by atoms with E-state index in [2.05, 4.69) is 16.6 Å². The van der Waals surface area contributed by atoms with Gasteiger partial charge in [0.05, 0.1) is 11.3 Å². The number of nitrogens with one attached hydrogen (secondary N) is 2. The highest BCUT2D eigenvalue weighted by atomic mass is 19.1. The van der Waals surface area contributed by atoms with Gasteiger partial charge in [-0.15, -0.1) is 12.3 Å². The van der Waals surface area contributed by atoms with Crippen LogP contribution in [-0.4, -0.2) is 35.7 Å². The van der Waals surface area contributed by atoms with Crippen molar-refractivity contribution in [2.45, 2.75) is 18.4 Å². The lowest BCUT2D eigenvalue weighted by Gasteiger charge is -2.19. The number of carboxylic acids is 1. The number of aromatic carboxylic acids is 1. The predicted molar refractivity (Wildman–Crippen MR) is 127 cm³/mol. The van der Waals surface area contributed by atoms with E-state index in [0.717, 1.165) is 40.5 Å². The van der Waals surface area contributed by atoms with E-state index in [1.807, 2.05) is 48.5 Å². The second kappa shape index (κ2) is 10.1. The van der Waals surface area contributed by atoms with Crippen LogP contribution in [0.2, 0.25) is 0 Å². The van der Waals surface area contributed by atoms with Gasteiger partial charge in [0.1, 0.15) is 18.5 Å². The van der Waals surface area contributed by atoms with Crippen LogP contribution < -0.4 is 10.6 Å². The van der Waals surface area contributed by atoms with E-state index >= 15 is 0 Å². The minimum absolute atomic E-state index is 0.0470. The van der Waals surface area contributed by atoms with Gasteiger partial charge >= 0.3 is 12.1 Å². The Labute approximate surface area is 200 Å². The number of carboxylic acid groups (broad SMARTS) is 1. The Morgan fingerprint density at radius 2 is 1.66 bits per heavy atom. The van der Waals surface area contributed by atoms with Gasteiger partial charge < -0.3 is 20.5 Å². The van der Waals surface area contributed by atoms with Crippen molar-refractivity contribution in [3.63, 3.8) is 0 Å². The van der Waals surface area contributed by atoms with Gasteiger partial charge in [0, 0.05) is 12.3 Å². The highest BCUT2D eigenvalue weighted by Gasteiger charge is 2.30. The molecule has 3 aromatic carbocycles. The van der Waals surface area contributed by atoms with Gasteiger partial charge in [0.25, 0.3) is 0 Å². The summed E-state index contributed by atoms with van der Waals surface area (Å²) in [6.07, 6.45) is 4.33. The van der Waals surface area contributed by atoms with Crippen LogP contribution in [0, 0.1) is 18.2 Å². The molecule has 0 radical (unpaired) electrons. The third-order valence-electron chi connectivity index (χ3n) is 5.74. The average Bonchev–Trinajstić information content (AvgIpc) is 3.17. The van der Waals surface area contributed by atoms with Gasteiger partial charge in [-0.2, -0.15) is 0 Å². The topological polar surface area (TPSA) is 105 Å². The van der Waals surface area contributed by atoms with Crippen molar-refractivity contribution in [2.24, 2.45) is 0 Å². The van der Waals surface area contributed by atoms with Crippen LogP contribution in [0.1, 0.15) is 33.8 Å². The van der Waals surface area contributed by atoms with Crippen LogP contribution in [-0.2, 0) is 9.53 Å². The molecule has 0 saturated carbocycles. The SMILES string of the molecule is C#CCC(NC(=O)OCC1c2ccccc2-c2ccccc21)C(=O)Nc1ccc(F)cc1C(=O)O. The van der Waals surface area contributed by atoms with E-state index in [-0.39, 0.29) is 24.6 Å². The van der Waals surface area contributed by atoms with Gasteiger partial charge in [-0.3, -0.25) is 4.79 Å². The molecule has 3 aromatic rings. The fourth-order valence-corrected chi connectivity index (χ4v) is 4.13. The van der Waals surface area contributed by atoms with E-state index in [4.69, 9.17) is 11.2 Å². The third-order valence-corrected chi connectivity index (χ3v) is 5.74. The van der Waals surface area contributed by atoms with Crippen molar-refractivity contribution in [2.75, 3.05) is 11.9 Å². The van der Waals surface area contributed by atoms with Crippen LogP contribution >= 0.6 is 0 Å². The molecule has 0 heterocycles. The minimum Gasteiger partial charge on any atom is -0.478 e. The normalized spacial score (nSPS) is 12.6. The number of ether oxygens (including phenoxy) is 1. The quantitative estimate of drug-likeness (QED) is 0.443. The summed E-state index contributed by atoms with van der Waals surface area (Å²) in [4.78, 5) is 36.7. The number of rotatable bonds is 7. The number of carbonyl (C=O) groups excluding carboxylic acids is 2. The zero-order chi connectivity index (χ0) is 24.9. The summed E-state index contributed by atoms with van der Waals surface area (Å²) >= 11 is 0. The summed E-state index contributed by atoms with van der Waals surface area (Å²) < 4.78 is 18.9. The van der Waals surface area contributed by atoms with Crippen molar-refractivity contribution < 1.29 is 28.6 Å². The number of benzene rings is 3. The van der Waals surface area contributed by atoms with Crippen LogP contribution in [0.3, 0.4) is 0 Å². The first-order valence-electron chi connectivity index (χ1n) is 10.8. The molecule has 1 atom stereocenters. The number of alkyl carbamates (subject to hydrolysis) is 1. The number of terminal acetylenes is 1. The number of hydrogen-bond acceptors (Lipinski definition) is 4. The number of amides is 2. The number of fused-ring (bicyclic) bond motifs is 3. The second-order valence-electron chi connectivity index (χ2n) is 7.92. The summed E-state index contributed by atoms with van der Waals surface area (Å²) in [6.45, 7) is 0.0470. The Morgan fingerprint density at radius 3 is 2.26 bits per heavy atom. The van der Waals surface area contributed by atoms with E-state index in [0.29, 0.717) is 0 Å². The second-order valence-corrected chi connectivity index (χ2v) is 7.92. The Balaban J connectivity index is 1.43. The van der Waals surface area contributed by atoms with E-state index in [1.165, 1.54) is 0 Å². The number of hydrogen-bond donors (Lipinski definition) is 3. The summed E-state index contributed by atoms with van der Waals surface area (Å²) in [7, 11) is 0. The lowest BCUT2D eigenvalue weighted by Crippen LogP contribution is -2.44. The Hall–Kier alpha value is -4.64. The first-order chi connectivity index (χ1) is 16.9. The van der Waals surface area contributed by atoms with E-state index in [1.54, 1.807) is 0 Å². The van der Waals surface area contributed by atoms with Crippen molar-refractivity contribution in [3.8, 4) is 23.5 Å². The molecule has 0 saturated heterocycles. The summed E-state index contributed by atoms with van der Waals surface area (Å²) in [6, 6.07) is 17.5. The smallest absolute Gasteiger partial charge is 0.407 e. The van der Waals surface area contributed by atoms with Crippen LogP contribution in [0.25, 0.3) is 11.1 Å². The number of halogens is 1. The van der Waals surface area contributed by atoms with E-state index in [9.17, 15) is 23.9 Å². The van der Waals surface area contributed by atoms with Gasteiger partial charge in [-0.05, 0) is 40.5 Å². The highest BCUT2D eigenvalue weighted by Crippen LogP contribution is 2.44. The molecular weight excluding hydrogens is 451 g/mol. The molecule has 0 bridgehead atoms. The highest BCUT2D eigenvalue weighted by molar-refractivity contribution is 6.03. The molecule has 2 amide bonds. The Bertz CT molecular complexity index is 1300. The summed E-state index contributed by atoms with van der Waals surface area (Å²) in [5, 5.41) is 14.1. The number of anilines is 1. The van der Waals surface area contributed by atoms with E-state index < -0.39 is 35.4 Å². The maximum Gasteiger partial charge on any atom is 0.407 e. The van der Waals surface area contributed by atoms with Crippen molar-refractivity contribution in [1.29, 1.82) is 0 Å². The molecule has 1 unspecified atom stereocenters. The Morgan fingerprint density at radius 1 is 1.03 bits per heavy atom. The lowest BCUT2D eigenvalue weighted by atomic mass is 9.98. The molecule has 0 aliphatic heterocycles. The van der Waals surface area contributed by atoms with Crippen molar-refractivity contribution in [3.05, 3.63) is 89.2 Å². The molecule has 35 heavy (non-hydrogen) atoms. The monoisotopic (exact) mass is 472 g/mol. The zero-order valence-electron chi connectivity index (χ0n) is 18.5. The molecule has 1 aliphatic carbocycles. The predicted octanol–water partition coefficient (Wildman–Crippen LogP) is 4.39. The molecular formula is C27H21FN2O5. The van der Waals surface area contributed by atoms with Crippen LogP contribution in [0.4, 0.5) is 14.9 Å². The maximum atomic E-state index is 13.4. The zero-order valence-corrected chi connectivity index (χ0v) is 18.5. The molecule has 1 aliphatic rings. The third kappa shape index (κ3) is 4.99. The first-order valence-corrected chi connectivity index (χ1v) is 10.8. The minimum atomic E-state index is -1.42. The van der Waals surface area contributed by atoms with Gasteiger partial charge in [0.15, 0.2) is 0 Å². The van der Waals surface area contributed by atoms with Gasteiger partial charge in [-0.1, -0.05) is 48.5 Å². The van der Waals surface area contributed by atoms with Crippen LogP contribution in [0.15, 0.2) is 66.7 Å². The average molecular weight is 472 g/mol. The summed E-state index contributed by atoms with van der Waals surface area (Å²) in [5.41, 5.74) is 3.68. The molecule has 176 valence electrons. The molecule has 0 fully saturated rings. The van der Waals surface area contributed by atoms with Crippen molar-refractivity contribution >= 4 is 23.7 Å². The molecule has 0 spiro atoms. The molecule has 7 nitrogen and oxygen atoms in total. The lowest BCUT2D eigenvalue weighted by molar-refractivity contribution is -0.118. The van der Waals surface area contributed by atoms with Gasteiger partial charge in [-0.25, -0.2) is 14.0 Å². The molecule has 0 aromatic heterocycles. The molecule has 4 rings (SSSR count). The molecule has 8 heteroatoms. The maximum absolute atomic E-state index is 13.4. The largest absolute Gasteiger partial charge is 0.478 e.